The molecule has 0 radical (unpaired) electrons. The highest BCUT2D eigenvalue weighted by molar-refractivity contribution is 9.10. The van der Waals surface area contributed by atoms with Crippen molar-refractivity contribution in [3.05, 3.63) is 64.4 Å². The van der Waals surface area contributed by atoms with Gasteiger partial charge in [0.25, 0.3) is 5.91 Å². The monoisotopic (exact) mass is 499 g/mol. The average molecular weight is 500 g/mol. The first-order chi connectivity index (χ1) is 15.3. The number of anilines is 2. The number of aromatic nitrogens is 4. The van der Waals surface area contributed by atoms with Crippen LogP contribution >= 0.6 is 15.9 Å². The fourth-order valence-electron chi connectivity index (χ4n) is 3.04. The first-order valence-electron chi connectivity index (χ1n) is 9.63. The van der Waals surface area contributed by atoms with Crippen molar-refractivity contribution in [2.24, 2.45) is 0 Å². The van der Waals surface area contributed by atoms with Gasteiger partial charge in [-0.15, -0.1) is 0 Å². The van der Waals surface area contributed by atoms with Crippen molar-refractivity contribution in [3.8, 4) is 0 Å². The summed E-state index contributed by atoms with van der Waals surface area (Å²) in [4.78, 5) is 52.9. The first kappa shape index (κ1) is 23.1. The van der Waals surface area contributed by atoms with Crippen LogP contribution in [0.5, 0.6) is 0 Å². The molecule has 0 saturated carbocycles. The van der Waals surface area contributed by atoms with Gasteiger partial charge < -0.3 is 19.7 Å². The van der Waals surface area contributed by atoms with E-state index in [0.717, 1.165) is 0 Å². The third-order valence-electron chi connectivity index (χ3n) is 4.59. The van der Waals surface area contributed by atoms with E-state index < -0.39 is 11.8 Å². The van der Waals surface area contributed by atoms with Crippen LogP contribution in [0.25, 0.3) is 0 Å². The van der Waals surface area contributed by atoms with Gasteiger partial charge in [-0.25, -0.2) is 9.97 Å². The first-order valence-corrected chi connectivity index (χ1v) is 10.4. The number of hydrogen-bond donors (Lipinski definition) is 1. The molecule has 32 heavy (non-hydrogen) atoms. The summed E-state index contributed by atoms with van der Waals surface area (Å²) >= 11 is 3.26. The number of nitrogens with one attached hydrogen (secondary N) is 1. The van der Waals surface area contributed by atoms with Gasteiger partial charge >= 0.3 is 0 Å². The number of carbonyl (C=O) groups excluding carboxylic acids is 3. The number of hydrogen-bond acceptors (Lipinski definition) is 6. The lowest BCUT2D eigenvalue weighted by Crippen LogP contribution is -2.32. The molecule has 11 heteroatoms. The molecular weight excluding hydrogens is 478 g/mol. The van der Waals surface area contributed by atoms with Crippen LogP contribution in [-0.2, 0) is 22.7 Å². The zero-order chi connectivity index (χ0) is 23.3. The van der Waals surface area contributed by atoms with Crippen LogP contribution < -0.4 is 10.2 Å². The molecule has 3 amide bonds. The predicted molar refractivity (Wildman–Crippen MR) is 122 cm³/mol. The number of rotatable bonds is 8. The highest BCUT2D eigenvalue weighted by atomic mass is 79.9. The van der Waals surface area contributed by atoms with E-state index in [1.807, 2.05) is 12.1 Å². The number of amides is 3. The minimum atomic E-state index is -0.395. The van der Waals surface area contributed by atoms with Crippen molar-refractivity contribution in [1.29, 1.82) is 0 Å². The molecule has 0 unspecified atom stereocenters. The van der Waals surface area contributed by atoms with Crippen molar-refractivity contribution in [3.63, 3.8) is 0 Å². The zero-order valence-corrected chi connectivity index (χ0v) is 19.4. The second-order valence-corrected chi connectivity index (χ2v) is 7.82. The number of pyridine rings is 2. The van der Waals surface area contributed by atoms with E-state index in [4.69, 9.17) is 0 Å². The van der Waals surface area contributed by atoms with E-state index in [0.29, 0.717) is 28.3 Å². The molecule has 0 fully saturated rings. The van der Waals surface area contributed by atoms with Crippen LogP contribution in [0, 0.1) is 6.92 Å². The molecule has 0 spiro atoms. The van der Waals surface area contributed by atoms with E-state index >= 15 is 0 Å². The van der Waals surface area contributed by atoms with E-state index in [1.165, 1.54) is 21.4 Å². The number of halogens is 1. The Balaban J connectivity index is 1.90. The molecule has 3 heterocycles. The Bertz CT molecular complexity index is 1130. The molecule has 1 N–H and O–H groups in total. The van der Waals surface area contributed by atoms with E-state index in [2.05, 4.69) is 36.2 Å². The lowest BCUT2D eigenvalue weighted by Gasteiger charge is -2.20. The van der Waals surface area contributed by atoms with Gasteiger partial charge in [0.15, 0.2) is 11.5 Å². The van der Waals surface area contributed by atoms with Crippen molar-refractivity contribution in [1.82, 2.24) is 24.4 Å². The maximum absolute atomic E-state index is 13.4. The predicted octanol–water partition coefficient (Wildman–Crippen LogP) is 2.25. The molecule has 10 nitrogen and oxygen atoms in total. The van der Waals surface area contributed by atoms with E-state index in [-0.39, 0.29) is 24.6 Å². The minimum Gasteiger partial charge on any atom is -0.334 e. The smallest absolute Gasteiger partial charge is 0.274 e. The third kappa shape index (κ3) is 5.35. The minimum absolute atomic E-state index is 0.132. The highest BCUT2D eigenvalue weighted by Gasteiger charge is 2.27. The lowest BCUT2D eigenvalue weighted by molar-refractivity contribution is -0.116. The molecule has 0 atom stereocenters. The molecule has 0 aliphatic heterocycles. The SMILES string of the molecule is Cc1nc(N(C)C=O)c(C(=O)N(C)Cc2ccccn2)n1CC(=O)Nc1cccc(Br)n1. The van der Waals surface area contributed by atoms with Gasteiger partial charge in [0.05, 0.1) is 12.2 Å². The quantitative estimate of drug-likeness (QED) is 0.375. The summed E-state index contributed by atoms with van der Waals surface area (Å²) in [5, 5.41) is 2.70. The molecule has 3 rings (SSSR count). The number of imidazole rings is 1. The maximum atomic E-state index is 13.4. The van der Waals surface area contributed by atoms with E-state index in [1.54, 1.807) is 44.4 Å². The summed E-state index contributed by atoms with van der Waals surface area (Å²) in [7, 11) is 3.12. The van der Waals surface area contributed by atoms with Gasteiger partial charge in [0.1, 0.15) is 22.8 Å². The summed E-state index contributed by atoms with van der Waals surface area (Å²) in [5.41, 5.74) is 0.836. The summed E-state index contributed by atoms with van der Waals surface area (Å²) in [5.74, 6) is 0.170. The Morgan fingerprint density at radius 1 is 1.16 bits per heavy atom. The number of aryl methyl sites for hydroxylation is 1. The molecule has 0 saturated heterocycles. The highest BCUT2D eigenvalue weighted by Crippen LogP contribution is 2.22. The van der Waals surface area contributed by atoms with Gasteiger partial charge in [-0.05, 0) is 47.1 Å². The van der Waals surface area contributed by atoms with Crippen LogP contribution in [0.4, 0.5) is 11.6 Å². The van der Waals surface area contributed by atoms with Crippen LogP contribution in [0.15, 0.2) is 47.2 Å². The van der Waals surface area contributed by atoms with Crippen molar-refractivity contribution in [2.45, 2.75) is 20.0 Å². The lowest BCUT2D eigenvalue weighted by atomic mass is 10.3. The molecule has 3 aromatic rings. The van der Waals surface area contributed by atoms with Crippen molar-refractivity contribution >= 4 is 45.8 Å². The third-order valence-corrected chi connectivity index (χ3v) is 5.03. The summed E-state index contributed by atoms with van der Waals surface area (Å²) in [6.07, 6.45) is 2.21. The zero-order valence-electron chi connectivity index (χ0n) is 17.8. The molecular formula is C21H22BrN7O3. The fraction of sp³-hybridized carbons (Fsp3) is 0.238. The Labute approximate surface area is 193 Å². The topological polar surface area (TPSA) is 113 Å². The van der Waals surface area contributed by atoms with Crippen LogP contribution in [0.1, 0.15) is 22.0 Å². The standard InChI is InChI=1S/C21H22BrN7O3/c1-14-24-20(28(3)13-30)19(21(32)27(2)11-15-7-4-5-10-23-15)29(14)12-18(31)26-17-9-6-8-16(22)25-17/h4-10,13H,11-12H2,1-3H3,(H,25,26,31). The average Bonchev–Trinajstić information content (AvgIpc) is 3.09. The van der Waals surface area contributed by atoms with Gasteiger partial charge in [0.2, 0.25) is 12.3 Å². The van der Waals surface area contributed by atoms with Crippen LogP contribution in [0.2, 0.25) is 0 Å². The second kappa shape index (κ2) is 10.1. The van der Waals surface area contributed by atoms with Crippen molar-refractivity contribution in [2.75, 3.05) is 24.3 Å². The number of carbonyl (C=O) groups is 3. The number of nitrogens with zero attached hydrogens (tertiary/aromatic N) is 6. The Kier molecular flexibility index (Phi) is 7.31. The van der Waals surface area contributed by atoms with Crippen LogP contribution in [-0.4, -0.2) is 56.7 Å². The molecule has 3 aromatic heterocycles. The molecule has 0 aromatic carbocycles. The summed E-state index contributed by atoms with van der Waals surface area (Å²) in [6, 6.07) is 10.6. The summed E-state index contributed by atoms with van der Waals surface area (Å²) < 4.78 is 2.07. The summed E-state index contributed by atoms with van der Waals surface area (Å²) in [6.45, 7) is 1.74. The van der Waals surface area contributed by atoms with Gasteiger partial charge in [-0.1, -0.05) is 12.1 Å². The molecule has 0 aliphatic rings. The Morgan fingerprint density at radius 2 is 1.94 bits per heavy atom. The maximum Gasteiger partial charge on any atom is 0.274 e. The molecule has 166 valence electrons. The van der Waals surface area contributed by atoms with Crippen LogP contribution in [0.3, 0.4) is 0 Å². The van der Waals surface area contributed by atoms with Gasteiger partial charge in [-0.2, -0.15) is 0 Å². The van der Waals surface area contributed by atoms with Gasteiger partial charge in [0, 0.05) is 20.3 Å². The van der Waals surface area contributed by atoms with Gasteiger partial charge in [-0.3, -0.25) is 19.4 Å². The normalized spacial score (nSPS) is 10.5. The van der Waals surface area contributed by atoms with Crippen molar-refractivity contribution < 1.29 is 14.4 Å². The fourth-order valence-corrected chi connectivity index (χ4v) is 3.38. The largest absolute Gasteiger partial charge is 0.334 e. The second-order valence-electron chi connectivity index (χ2n) is 7.01. The van der Waals surface area contributed by atoms with E-state index in [9.17, 15) is 14.4 Å². The molecule has 0 bridgehead atoms. The molecule has 0 aliphatic carbocycles. The Morgan fingerprint density at radius 3 is 2.59 bits per heavy atom. The Hall–Kier alpha value is -3.60.